The van der Waals surface area contributed by atoms with E-state index in [2.05, 4.69) is 4.98 Å². The Morgan fingerprint density at radius 2 is 1.89 bits per heavy atom. The molecule has 1 saturated heterocycles. The van der Waals surface area contributed by atoms with Crippen molar-refractivity contribution in [3.05, 3.63) is 105 Å². The van der Waals surface area contributed by atoms with E-state index in [0.29, 0.717) is 17.7 Å². The molecule has 1 amide bonds. The number of carbonyl (C=O) groups is 2. The molecule has 3 aromatic carbocycles. The first-order chi connectivity index (χ1) is 18.3. The number of phenols is 1. The van der Waals surface area contributed by atoms with Crippen LogP contribution < -0.4 is 4.74 Å². The largest absolute Gasteiger partial charge is 0.508 e. The van der Waals surface area contributed by atoms with Gasteiger partial charge in [0.15, 0.2) is 0 Å². The molecule has 192 valence electrons. The number of aliphatic hydroxyl groups excluding tert-OH is 1. The zero-order valence-electron chi connectivity index (χ0n) is 20.2. The van der Waals surface area contributed by atoms with Gasteiger partial charge in [-0.3, -0.25) is 19.7 Å². The molecule has 4 aromatic rings. The van der Waals surface area contributed by atoms with Gasteiger partial charge in [-0.25, -0.2) is 0 Å². The second-order valence-corrected chi connectivity index (χ2v) is 8.87. The molecule has 2 heterocycles. The highest BCUT2D eigenvalue weighted by atomic mass is 16.6. The quantitative estimate of drug-likeness (QED) is 0.109. The van der Waals surface area contributed by atoms with Gasteiger partial charge in [0.05, 0.1) is 23.6 Å². The molecule has 0 saturated carbocycles. The maximum absolute atomic E-state index is 13.3. The van der Waals surface area contributed by atoms with Crippen LogP contribution in [0.1, 0.15) is 22.7 Å². The number of ketones is 1. The van der Waals surface area contributed by atoms with Crippen molar-refractivity contribution in [1.29, 1.82) is 0 Å². The number of likely N-dealkylation sites (tertiary alicyclic amines) is 1. The third-order valence-corrected chi connectivity index (χ3v) is 6.65. The summed E-state index contributed by atoms with van der Waals surface area (Å²) in [5.74, 6) is -1.66. The van der Waals surface area contributed by atoms with E-state index in [9.17, 15) is 29.9 Å². The van der Waals surface area contributed by atoms with Crippen LogP contribution in [0.25, 0.3) is 16.7 Å². The first kappa shape index (κ1) is 24.6. The number of aliphatic hydroxyl groups is 1. The van der Waals surface area contributed by atoms with Crippen LogP contribution in [-0.4, -0.2) is 50.4 Å². The lowest BCUT2D eigenvalue weighted by atomic mass is 9.95. The van der Waals surface area contributed by atoms with Crippen LogP contribution in [0.3, 0.4) is 0 Å². The second-order valence-electron chi connectivity index (χ2n) is 8.87. The molecule has 1 fully saturated rings. The third-order valence-electron chi connectivity index (χ3n) is 6.65. The van der Waals surface area contributed by atoms with Gasteiger partial charge in [-0.15, -0.1) is 0 Å². The highest BCUT2D eigenvalue weighted by Crippen LogP contribution is 2.40. The van der Waals surface area contributed by atoms with Gasteiger partial charge < -0.3 is 24.8 Å². The Morgan fingerprint density at radius 3 is 2.63 bits per heavy atom. The van der Waals surface area contributed by atoms with Gasteiger partial charge in [0, 0.05) is 41.3 Å². The van der Waals surface area contributed by atoms with Crippen LogP contribution >= 0.6 is 0 Å². The summed E-state index contributed by atoms with van der Waals surface area (Å²) in [7, 11) is 1.57. The molecular weight excluding hydrogens is 490 g/mol. The van der Waals surface area contributed by atoms with E-state index in [4.69, 9.17) is 4.74 Å². The molecule has 1 aromatic heterocycles. The number of H-pyrrole nitrogens is 1. The summed E-state index contributed by atoms with van der Waals surface area (Å²) in [4.78, 5) is 41.7. The summed E-state index contributed by atoms with van der Waals surface area (Å²) in [6.07, 6.45) is 2.21. The van der Waals surface area contributed by atoms with Crippen LogP contribution in [0.5, 0.6) is 11.5 Å². The Kier molecular flexibility index (Phi) is 6.29. The van der Waals surface area contributed by atoms with Crippen molar-refractivity contribution in [1.82, 2.24) is 9.88 Å². The number of methoxy groups -OCH3 is 1. The fourth-order valence-corrected chi connectivity index (χ4v) is 4.81. The summed E-state index contributed by atoms with van der Waals surface area (Å²) in [5, 5.41) is 33.5. The topological polar surface area (TPSA) is 146 Å². The van der Waals surface area contributed by atoms with Gasteiger partial charge in [-0.05, 0) is 47.9 Å². The van der Waals surface area contributed by atoms with Gasteiger partial charge in [0.25, 0.3) is 17.4 Å². The number of rotatable bonds is 7. The van der Waals surface area contributed by atoms with Crippen molar-refractivity contribution in [2.75, 3.05) is 13.7 Å². The Hall–Kier alpha value is -5.12. The monoisotopic (exact) mass is 513 g/mol. The average Bonchev–Trinajstić information content (AvgIpc) is 3.44. The van der Waals surface area contributed by atoms with E-state index in [1.807, 2.05) is 24.4 Å². The first-order valence-electron chi connectivity index (χ1n) is 11.7. The molecule has 0 radical (unpaired) electrons. The minimum atomic E-state index is -1.01. The van der Waals surface area contributed by atoms with Crippen LogP contribution in [0.15, 0.2) is 78.5 Å². The maximum Gasteiger partial charge on any atom is 0.295 e. The molecule has 38 heavy (non-hydrogen) atoms. The Balaban J connectivity index is 1.57. The van der Waals surface area contributed by atoms with Crippen LogP contribution in [0.2, 0.25) is 0 Å². The average molecular weight is 514 g/mol. The SMILES string of the molecule is COc1ccc2[nH]cc(CCN3C(=O)C(=O)C(=C(O)c4cccc([N+](=O)[O-])c4)[C@@H]3c3cccc(O)c3)c2c1. The maximum atomic E-state index is 13.3. The minimum Gasteiger partial charge on any atom is -0.508 e. The predicted octanol–water partition coefficient (Wildman–Crippen LogP) is 4.45. The number of nitro benzene ring substituents is 1. The number of benzene rings is 3. The van der Waals surface area contributed by atoms with Crippen molar-refractivity contribution in [3.63, 3.8) is 0 Å². The number of ether oxygens (including phenoxy) is 1. The van der Waals surface area contributed by atoms with Crippen LogP contribution in [0, 0.1) is 10.1 Å². The molecule has 1 atom stereocenters. The van der Waals surface area contributed by atoms with Crippen molar-refractivity contribution >= 4 is 34.0 Å². The number of hydrogen-bond donors (Lipinski definition) is 3. The summed E-state index contributed by atoms with van der Waals surface area (Å²) in [6, 6.07) is 15.9. The van der Waals surface area contributed by atoms with Crippen LogP contribution in [0.4, 0.5) is 5.69 Å². The normalized spacial score (nSPS) is 16.8. The molecule has 1 aliphatic rings. The molecular formula is C28H23N3O7. The van der Waals surface area contributed by atoms with Gasteiger partial charge >= 0.3 is 0 Å². The lowest BCUT2D eigenvalue weighted by Gasteiger charge is -2.25. The standard InChI is InChI=1S/C28H23N3O7/c1-38-21-8-9-23-22(14-21)18(15-29-23)10-11-30-25(16-4-3-7-20(32)13-16)24(27(34)28(30)35)26(33)17-5-2-6-19(12-17)31(36)37/h2-9,12-15,25,29,32-33H,10-11H2,1H3/t25-/m0/s1. The molecule has 10 nitrogen and oxygen atoms in total. The van der Waals surface area contributed by atoms with Crippen molar-refractivity contribution in [2.24, 2.45) is 0 Å². The fraction of sp³-hybridized carbons (Fsp3) is 0.143. The molecule has 0 spiro atoms. The number of nitro groups is 1. The Morgan fingerprint density at radius 1 is 1.11 bits per heavy atom. The van der Waals surface area contributed by atoms with Crippen molar-refractivity contribution in [2.45, 2.75) is 12.5 Å². The molecule has 0 bridgehead atoms. The fourth-order valence-electron chi connectivity index (χ4n) is 4.81. The van der Waals surface area contributed by atoms with Gasteiger partial charge in [0.2, 0.25) is 0 Å². The van der Waals surface area contributed by atoms with E-state index in [0.717, 1.165) is 22.5 Å². The van der Waals surface area contributed by atoms with Crippen molar-refractivity contribution < 1.29 is 29.5 Å². The molecule has 0 aliphatic carbocycles. The first-order valence-corrected chi connectivity index (χ1v) is 11.7. The van der Waals surface area contributed by atoms with Gasteiger partial charge in [-0.1, -0.05) is 24.3 Å². The smallest absolute Gasteiger partial charge is 0.295 e. The van der Waals surface area contributed by atoms with E-state index < -0.39 is 28.4 Å². The van der Waals surface area contributed by atoms with Gasteiger partial charge in [-0.2, -0.15) is 0 Å². The van der Waals surface area contributed by atoms with E-state index in [1.165, 1.54) is 35.2 Å². The highest BCUT2D eigenvalue weighted by Gasteiger charge is 2.46. The number of amides is 1. The van der Waals surface area contributed by atoms with E-state index in [1.54, 1.807) is 19.2 Å². The Bertz CT molecular complexity index is 1620. The number of carbonyl (C=O) groups excluding carboxylic acids is 2. The number of aromatic hydroxyl groups is 1. The van der Waals surface area contributed by atoms with Gasteiger partial charge in [0.1, 0.15) is 17.3 Å². The lowest BCUT2D eigenvalue weighted by Crippen LogP contribution is -2.31. The van der Waals surface area contributed by atoms with Crippen LogP contribution in [-0.2, 0) is 16.0 Å². The number of aromatic amines is 1. The zero-order chi connectivity index (χ0) is 27.0. The molecule has 10 heteroatoms. The predicted molar refractivity (Wildman–Crippen MR) is 139 cm³/mol. The number of nitrogens with zero attached hydrogens (tertiary/aromatic N) is 2. The molecule has 5 rings (SSSR count). The number of aromatic nitrogens is 1. The number of hydrogen-bond acceptors (Lipinski definition) is 7. The number of non-ortho nitro benzene ring substituents is 1. The van der Waals surface area contributed by atoms with Crippen molar-refractivity contribution in [3.8, 4) is 11.5 Å². The summed E-state index contributed by atoms with van der Waals surface area (Å²) in [6.45, 7) is 0.126. The number of phenolic OH excluding ortho intramolecular Hbond substituents is 1. The lowest BCUT2D eigenvalue weighted by molar-refractivity contribution is -0.384. The third kappa shape index (κ3) is 4.32. The second kappa shape index (κ2) is 9.74. The summed E-state index contributed by atoms with van der Waals surface area (Å²) in [5.41, 5.74) is 1.75. The van der Waals surface area contributed by atoms with E-state index in [-0.39, 0.29) is 29.1 Å². The number of Topliss-reactive ketones (excluding diaryl/α,β-unsaturated/α-hetero) is 1. The zero-order valence-corrected chi connectivity index (χ0v) is 20.2. The molecule has 1 aliphatic heterocycles. The summed E-state index contributed by atoms with van der Waals surface area (Å²) < 4.78 is 5.32. The minimum absolute atomic E-state index is 0.0334. The highest BCUT2D eigenvalue weighted by molar-refractivity contribution is 6.46. The Labute approximate surface area is 216 Å². The summed E-state index contributed by atoms with van der Waals surface area (Å²) >= 11 is 0. The van der Waals surface area contributed by atoms with E-state index >= 15 is 0 Å². The molecule has 0 unspecified atom stereocenters. The number of fused-ring (bicyclic) bond motifs is 1. The molecule has 3 N–H and O–H groups in total. The number of nitrogens with one attached hydrogen (secondary N) is 1.